The number of aryl methyl sites for hydroxylation is 1. The molecule has 0 radical (unpaired) electrons. The molecular formula is C36H49N5O8S. The number of sulfonamides is 1. The van der Waals surface area contributed by atoms with Gasteiger partial charge in [0.2, 0.25) is 21.8 Å². The van der Waals surface area contributed by atoms with Gasteiger partial charge >= 0.3 is 6.09 Å². The topological polar surface area (TPSA) is 165 Å². The number of carbonyl (C=O) groups excluding carboxylic acids is 4. The van der Waals surface area contributed by atoms with E-state index < -0.39 is 73.8 Å². The number of benzene rings is 1. The average molecular weight is 712 g/mol. The SMILES string of the molecule is Cn1ccc2ccc(O[C@@H]3C[C@H]4C(=O)N[C@]5(C(=O)NS(=O)(=O)C6(C)CC6)C[C@H]5/C=C\CCCCC[C@H](NC(=O)OC(C)(C)C)C(=O)N4C3)cc21. The van der Waals surface area contributed by atoms with Crippen LogP contribution in [0.1, 0.15) is 85.5 Å². The second-order valence-corrected chi connectivity index (χ2v) is 17.7. The lowest BCUT2D eigenvalue weighted by molar-refractivity contribution is -0.141. The molecule has 1 saturated heterocycles. The Morgan fingerprint density at radius 2 is 1.84 bits per heavy atom. The minimum Gasteiger partial charge on any atom is -0.488 e. The summed E-state index contributed by atoms with van der Waals surface area (Å²) >= 11 is 0. The lowest BCUT2D eigenvalue weighted by Crippen LogP contribution is -2.58. The lowest BCUT2D eigenvalue weighted by atomic mass is 10.0. The Bertz CT molecular complexity index is 1810. The van der Waals surface area contributed by atoms with Crippen molar-refractivity contribution in [2.24, 2.45) is 13.0 Å². The number of rotatable bonds is 6. The first-order valence-electron chi connectivity index (χ1n) is 17.6. The fraction of sp³-hybridized carbons (Fsp3) is 0.611. The van der Waals surface area contributed by atoms with Gasteiger partial charge in [-0.2, -0.15) is 0 Å². The molecule has 1 aromatic carbocycles. The molecule has 2 saturated carbocycles. The molecule has 3 heterocycles. The van der Waals surface area contributed by atoms with Gasteiger partial charge in [0, 0.05) is 31.6 Å². The van der Waals surface area contributed by atoms with Crippen molar-refractivity contribution in [1.29, 1.82) is 0 Å². The Labute approximate surface area is 293 Å². The molecule has 0 unspecified atom stereocenters. The maximum absolute atomic E-state index is 14.4. The number of alkyl carbamates (subject to hydrolysis) is 1. The van der Waals surface area contributed by atoms with Crippen LogP contribution in [0.15, 0.2) is 42.6 Å². The minimum absolute atomic E-state index is 0.0594. The van der Waals surface area contributed by atoms with E-state index in [1.807, 2.05) is 54.2 Å². The summed E-state index contributed by atoms with van der Waals surface area (Å²) in [5.74, 6) is -1.65. The van der Waals surface area contributed by atoms with Gasteiger partial charge in [-0.05, 0) is 89.8 Å². The van der Waals surface area contributed by atoms with Crippen LogP contribution in [0.3, 0.4) is 0 Å². The van der Waals surface area contributed by atoms with E-state index in [4.69, 9.17) is 9.47 Å². The van der Waals surface area contributed by atoms with Gasteiger partial charge in [0.1, 0.15) is 35.1 Å². The van der Waals surface area contributed by atoms with Crippen molar-refractivity contribution in [1.82, 2.24) is 24.8 Å². The Hall–Kier alpha value is -4.07. The highest BCUT2D eigenvalue weighted by Gasteiger charge is 2.63. The van der Waals surface area contributed by atoms with Crippen LogP contribution in [-0.4, -0.2) is 82.3 Å². The fourth-order valence-electron chi connectivity index (χ4n) is 6.90. The van der Waals surface area contributed by atoms with Crippen LogP contribution < -0.4 is 20.1 Å². The molecule has 5 atom stereocenters. The Kier molecular flexibility index (Phi) is 9.46. The van der Waals surface area contributed by atoms with E-state index in [0.717, 1.165) is 23.7 Å². The van der Waals surface area contributed by atoms with E-state index in [0.29, 0.717) is 37.9 Å². The first kappa shape index (κ1) is 35.7. The van der Waals surface area contributed by atoms with Crippen molar-refractivity contribution < 1.29 is 37.1 Å². The van der Waals surface area contributed by atoms with E-state index in [2.05, 4.69) is 15.4 Å². The number of fused-ring (bicyclic) bond motifs is 3. The van der Waals surface area contributed by atoms with E-state index in [-0.39, 0.29) is 19.4 Å². The van der Waals surface area contributed by atoms with Crippen LogP contribution >= 0.6 is 0 Å². The summed E-state index contributed by atoms with van der Waals surface area (Å²) in [5, 5.41) is 6.68. The zero-order valence-corrected chi connectivity index (χ0v) is 30.3. The molecule has 13 nitrogen and oxygen atoms in total. The molecule has 3 fully saturated rings. The van der Waals surface area contributed by atoms with Crippen molar-refractivity contribution in [3.8, 4) is 5.75 Å². The third kappa shape index (κ3) is 7.50. The van der Waals surface area contributed by atoms with E-state index >= 15 is 0 Å². The van der Waals surface area contributed by atoms with Crippen molar-refractivity contribution in [3.63, 3.8) is 0 Å². The average Bonchev–Trinajstić information content (AvgIpc) is 3.86. The fourth-order valence-corrected chi connectivity index (χ4v) is 8.22. The molecule has 4 amide bonds. The molecule has 0 bridgehead atoms. The monoisotopic (exact) mass is 711 g/mol. The summed E-state index contributed by atoms with van der Waals surface area (Å²) in [6, 6.07) is 5.67. The quantitative estimate of drug-likeness (QED) is 0.381. The van der Waals surface area contributed by atoms with Gasteiger partial charge in [0.05, 0.1) is 16.8 Å². The van der Waals surface area contributed by atoms with Crippen LogP contribution in [0, 0.1) is 5.92 Å². The molecule has 4 aliphatic rings. The second kappa shape index (κ2) is 13.2. The number of nitrogens with one attached hydrogen (secondary N) is 3. The standard InChI is InChI=1S/C36H49N5O8S/c1-34(2,3)49-33(45)37-27-12-10-8-6-7-9-11-24-21-36(24,32(44)39-50(46,47)35(4)16-17-35)38-30(42)29-20-26(22-41(29)31(27)43)48-25-14-13-23-15-18-40(5)28(23)19-25/h9,11,13-15,18-19,24,26-27,29H,6-8,10,12,16-17,20-22H2,1-5H3,(H,37,45)(H,38,42)(H,39,44)/b11-9-/t24-,26-,27+,29+,36-/m1/s1. The number of carbonyl (C=O) groups is 4. The maximum atomic E-state index is 14.4. The van der Waals surface area contributed by atoms with Crippen LogP contribution in [-0.2, 0) is 36.2 Å². The smallest absolute Gasteiger partial charge is 0.408 e. The summed E-state index contributed by atoms with van der Waals surface area (Å²) < 4.78 is 41.2. The highest BCUT2D eigenvalue weighted by molar-refractivity contribution is 7.91. The van der Waals surface area contributed by atoms with Gasteiger partial charge in [0.25, 0.3) is 5.91 Å². The largest absolute Gasteiger partial charge is 0.488 e. The van der Waals surface area contributed by atoms with E-state index in [9.17, 15) is 27.6 Å². The number of nitrogens with zero attached hydrogens (tertiary/aromatic N) is 2. The maximum Gasteiger partial charge on any atom is 0.408 e. The van der Waals surface area contributed by atoms with Gasteiger partial charge in [-0.25, -0.2) is 13.2 Å². The van der Waals surface area contributed by atoms with Gasteiger partial charge in [-0.1, -0.05) is 25.0 Å². The minimum atomic E-state index is -3.96. The summed E-state index contributed by atoms with van der Waals surface area (Å²) in [5.41, 5.74) is -1.30. The van der Waals surface area contributed by atoms with Gasteiger partial charge in [0.15, 0.2) is 0 Å². The number of ether oxygens (including phenoxy) is 2. The molecule has 2 aliphatic heterocycles. The van der Waals surface area contributed by atoms with E-state index in [1.165, 1.54) is 4.90 Å². The van der Waals surface area contributed by atoms with Crippen LogP contribution in [0.4, 0.5) is 4.79 Å². The Morgan fingerprint density at radius 1 is 1.08 bits per heavy atom. The highest BCUT2D eigenvalue weighted by atomic mass is 32.2. The molecule has 0 spiro atoms. The molecular weight excluding hydrogens is 662 g/mol. The molecule has 3 N–H and O–H groups in total. The van der Waals surface area contributed by atoms with Crippen LogP contribution in [0.2, 0.25) is 0 Å². The summed E-state index contributed by atoms with van der Waals surface area (Å²) in [6.07, 6.45) is 9.01. The first-order chi connectivity index (χ1) is 23.5. The predicted molar refractivity (Wildman–Crippen MR) is 187 cm³/mol. The summed E-state index contributed by atoms with van der Waals surface area (Å²) in [6.45, 7) is 6.87. The molecule has 272 valence electrons. The number of hydrogen-bond donors (Lipinski definition) is 3. The third-order valence-corrected chi connectivity index (χ3v) is 12.5. The second-order valence-electron chi connectivity index (χ2n) is 15.5. The molecule has 14 heteroatoms. The Balaban J connectivity index is 1.29. The van der Waals surface area contributed by atoms with Crippen molar-refractivity contribution >= 4 is 44.7 Å². The zero-order valence-electron chi connectivity index (χ0n) is 29.5. The molecule has 2 aliphatic carbocycles. The summed E-state index contributed by atoms with van der Waals surface area (Å²) in [7, 11) is -2.03. The molecule has 2 aromatic rings. The van der Waals surface area contributed by atoms with Crippen molar-refractivity contribution in [2.45, 2.75) is 120 Å². The van der Waals surface area contributed by atoms with Crippen molar-refractivity contribution in [2.75, 3.05) is 6.54 Å². The molecule has 1 aromatic heterocycles. The Morgan fingerprint density at radius 3 is 2.56 bits per heavy atom. The predicted octanol–water partition coefficient (Wildman–Crippen LogP) is 3.81. The molecule has 6 rings (SSSR count). The highest BCUT2D eigenvalue weighted by Crippen LogP contribution is 2.47. The lowest BCUT2D eigenvalue weighted by Gasteiger charge is -2.30. The number of allylic oxidation sites excluding steroid dienone is 1. The van der Waals surface area contributed by atoms with Gasteiger partial charge < -0.3 is 29.6 Å². The van der Waals surface area contributed by atoms with Crippen LogP contribution in [0.5, 0.6) is 5.75 Å². The van der Waals surface area contributed by atoms with Gasteiger partial charge in [-0.3, -0.25) is 19.1 Å². The summed E-state index contributed by atoms with van der Waals surface area (Å²) in [4.78, 5) is 56.7. The number of amides is 4. The first-order valence-corrected chi connectivity index (χ1v) is 19.1. The third-order valence-electron chi connectivity index (χ3n) is 10.3. The normalized spacial score (nSPS) is 29.0. The number of aromatic nitrogens is 1. The van der Waals surface area contributed by atoms with E-state index in [1.54, 1.807) is 27.7 Å². The van der Waals surface area contributed by atoms with Crippen LogP contribution in [0.25, 0.3) is 10.9 Å². The zero-order chi connectivity index (χ0) is 36.1. The van der Waals surface area contributed by atoms with Crippen molar-refractivity contribution in [3.05, 3.63) is 42.6 Å². The number of hydrogen-bond acceptors (Lipinski definition) is 8. The van der Waals surface area contributed by atoms with Gasteiger partial charge in [-0.15, -0.1) is 0 Å². The molecule has 50 heavy (non-hydrogen) atoms.